The number of ether oxygens (including phenoxy) is 1. The zero-order valence-electron chi connectivity index (χ0n) is 15.6. The highest BCUT2D eigenvalue weighted by Crippen LogP contribution is 2.22. The number of aromatic nitrogens is 4. The van der Waals surface area contributed by atoms with Crippen LogP contribution in [0, 0.1) is 13.8 Å². The molecule has 1 N–H and O–H groups in total. The Kier molecular flexibility index (Phi) is 5.80. The van der Waals surface area contributed by atoms with Crippen molar-refractivity contribution in [3.63, 3.8) is 0 Å². The fraction of sp³-hybridized carbons (Fsp3) is 0.333. The third-order valence-corrected chi connectivity index (χ3v) is 4.86. The van der Waals surface area contributed by atoms with E-state index in [1.807, 2.05) is 42.8 Å². The van der Waals surface area contributed by atoms with Crippen molar-refractivity contribution in [3.8, 4) is 11.4 Å². The Morgan fingerprint density at radius 3 is 2.67 bits per heavy atom. The summed E-state index contributed by atoms with van der Waals surface area (Å²) in [6.07, 6.45) is 1.78. The molecule has 0 aliphatic rings. The van der Waals surface area contributed by atoms with Crippen LogP contribution in [0.5, 0.6) is 5.75 Å². The third-order valence-electron chi connectivity index (χ3n) is 4.04. The number of carbonyl (C=O) groups excluding carboxylic acids is 1. The average molecular weight is 387 g/mol. The molecule has 0 aliphatic heterocycles. The summed E-state index contributed by atoms with van der Waals surface area (Å²) >= 11 is 1.21. The Hall–Kier alpha value is -2.81. The minimum atomic E-state index is -0.172. The molecule has 2 heterocycles. The summed E-state index contributed by atoms with van der Waals surface area (Å²) < 4.78 is 12.3. The van der Waals surface area contributed by atoms with E-state index in [0.29, 0.717) is 11.1 Å². The van der Waals surface area contributed by atoms with Crippen LogP contribution in [-0.4, -0.2) is 38.7 Å². The zero-order chi connectivity index (χ0) is 19.4. The van der Waals surface area contributed by atoms with Crippen molar-refractivity contribution in [2.24, 2.45) is 0 Å². The van der Waals surface area contributed by atoms with Crippen LogP contribution in [0.15, 0.2) is 40.1 Å². The van der Waals surface area contributed by atoms with Crippen LogP contribution in [0.25, 0.3) is 5.69 Å². The standard InChI is InChI=1S/C18H21N5O3S/c1-11(20-17(24)10-27-18-22-21-13(3)26-18)16-9-19-23(12(16)2)14-5-7-15(25-4)8-6-14/h5-9,11H,10H2,1-4H3,(H,20,24)/t11-/m1/s1. The number of nitrogens with zero attached hydrogens (tertiary/aromatic N) is 4. The predicted molar refractivity (Wildman–Crippen MR) is 101 cm³/mol. The molecular formula is C18H21N5O3S. The van der Waals surface area contributed by atoms with E-state index in [9.17, 15) is 4.79 Å². The van der Waals surface area contributed by atoms with Crippen molar-refractivity contribution in [3.05, 3.63) is 47.6 Å². The molecule has 0 aliphatic carbocycles. The Morgan fingerprint density at radius 2 is 2.04 bits per heavy atom. The van der Waals surface area contributed by atoms with E-state index in [1.54, 1.807) is 20.2 Å². The number of amides is 1. The molecule has 0 spiro atoms. The molecule has 0 saturated carbocycles. The number of hydrogen-bond donors (Lipinski definition) is 1. The van der Waals surface area contributed by atoms with E-state index in [4.69, 9.17) is 9.15 Å². The Balaban J connectivity index is 1.63. The van der Waals surface area contributed by atoms with Gasteiger partial charge in [-0.3, -0.25) is 4.79 Å². The van der Waals surface area contributed by atoms with E-state index < -0.39 is 0 Å². The number of methoxy groups -OCH3 is 1. The van der Waals surface area contributed by atoms with Gasteiger partial charge in [0.2, 0.25) is 11.8 Å². The van der Waals surface area contributed by atoms with E-state index in [2.05, 4.69) is 20.6 Å². The lowest BCUT2D eigenvalue weighted by atomic mass is 10.1. The van der Waals surface area contributed by atoms with E-state index >= 15 is 0 Å². The van der Waals surface area contributed by atoms with E-state index in [0.717, 1.165) is 22.7 Å². The minimum Gasteiger partial charge on any atom is -0.497 e. The number of aryl methyl sites for hydroxylation is 1. The van der Waals surface area contributed by atoms with Crippen LogP contribution >= 0.6 is 11.8 Å². The first kappa shape index (κ1) is 19.0. The topological polar surface area (TPSA) is 95.1 Å². The van der Waals surface area contributed by atoms with Crippen molar-refractivity contribution < 1.29 is 13.9 Å². The smallest absolute Gasteiger partial charge is 0.277 e. The lowest BCUT2D eigenvalue weighted by Crippen LogP contribution is -2.28. The molecule has 0 saturated heterocycles. The number of benzene rings is 1. The highest BCUT2D eigenvalue weighted by Gasteiger charge is 2.17. The maximum atomic E-state index is 12.2. The lowest BCUT2D eigenvalue weighted by Gasteiger charge is -2.14. The fourth-order valence-corrected chi connectivity index (χ4v) is 3.27. The first-order valence-electron chi connectivity index (χ1n) is 8.39. The van der Waals surface area contributed by atoms with Gasteiger partial charge in [0, 0.05) is 18.2 Å². The summed E-state index contributed by atoms with van der Waals surface area (Å²) in [4.78, 5) is 12.2. The van der Waals surface area contributed by atoms with Crippen LogP contribution < -0.4 is 10.1 Å². The SMILES string of the molecule is COc1ccc(-n2ncc([C@@H](C)NC(=O)CSc3nnc(C)o3)c2C)cc1. The van der Waals surface area contributed by atoms with Crippen LogP contribution in [0.1, 0.15) is 30.1 Å². The molecule has 27 heavy (non-hydrogen) atoms. The van der Waals surface area contributed by atoms with Gasteiger partial charge in [0.05, 0.1) is 30.8 Å². The highest BCUT2D eigenvalue weighted by atomic mass is 32.2. The van der Waals surface area contributed by atoms with Gasteiger partial charge < -0.3 is 14.5 Å². The van der Waals surface area contributed by atoms with Gasteiger partial charge in [0.15, 0.2) is 0 Å². The van der Waals surface area contributed by atoms with Crippen LogP contribution in [0.2, 0.25) is 0 Å². The van der Waals surface area contributed by atoms with Crippen LogP contribution in [0.3, 0.4) is 0 Å². The van der Waals surface area contributed by atoms with E-state index in [1.165, 1.54) is 11.8 Å². The van der Waals surface area contributed by atoms with Crippen molar-refractivity contribution in [2.45, 2.75) is 32.0 Å². The van der Waals surface area contributed by atoms with Gasteiger partial charge in [-0.25, -0.2) is 4.68 Å². The number of hydrogen-bond acceptors (Lipinski definition) is 7. The summed E-state index contributed by atoms with van der Waals surface area (Å²) in [5.41, 5.74) is 2.85. The first-order valence-corrected chi connectivity index (χ1v) is 9.37. The maximum Gasteiger partial charge on any atom is 0.277 e. The van der Waals surface area contributed by atoms with Gasteiger partial charge in [0.25, 0.3) is 5.22 Å². The number of thioether (sulfide) groups is 1. The number of rotatable bonds is 7. The molecule has 8 nitrogen and oxygen atoms in total. The molecular weight excluding hydrogens is 366 g/mol. The fourth-order valence-electron chi connectivity index (χ4n) is 2.66. The predicted octanol–water partition coefficient (Wildman–Crippen LogP) is 2.85. The minimum absolute atomic E-state index is 0.111. The van der Waals surface area contributed by atoms with Gasteiger partial charge in [0.1, 0.15) is 5.75 Å². The Bertz CT molecular complexity index is 919. The van der Waals surface area contributed by atoms with Gasteiger partial charge >= 0.3 is 0 Å². The zero-order valence-corrected chi connectivity index (χ0v) is 16.4. The second-order valence-corrected chi connectivity index (χ2v) is 6.89. The van der Waals surface area contributed by atoms with Crippen molar-refractivity contribution >= 4 is 17.7 Å². The summed E-state index contributed by atoms with van der Waals surface area (Å²) in [5.74, 6) is 1.36. The molecule has 0 bridgehead atoms. The highest BCUT2D eigenvalue weighted by molar-refractivity contribution is 7.99. The molecule has 3 aromatic rings. The second kappa shape index (κ2) is 8.26. The summed E-state index contributed by atoms with van der Waals surface area (Å²) in [6, 6.07) is 7.48. The number of nitrogens with one attached hydrogen (secondary N) is 1. The molecule has 1 aromatic carbocycles. The van der Waals surface area contributed by atoms with E-state index in [-0.39, 0.29) is 17.7 Å². The molecule has 9 heteroatoms. The van der Waals surface area contributed by atoms with Crippen LogP contribution in [-0.2, 0) is 4.79 Å². The summed E-state index contributed by atoms with van der Waals surface area (Å²) in [6.45, 7) is 5.62. The Labute approximate surface area is 161 Å². The quantitative estimate of drug-likeness (QED) is 0.623. The van der Waals surface area contributed by atoms with Crippen molar-refractivity contribution in [1.29, 1.82) is 0 Å². The van der Waals surface area contributed by atoms with Crippen LogP contribution in [0.4, 0.5) is 0 Å². The molecule has 0 radical (unpaired) electrons. The first-order chi connectivity index (χ1) is 13.0. The normalized spacial score (nSPS) is 12.0. The Morgan fingerprint density at radius 1 is 1.30 bits per heavy atom. The molecule has 142 valence electrons. The molecule has 0 unspecified atom stereocenters. The maximum absolute atomic E-state index is 12.2. The van der Waals surface area contributed by atoms with Crippen molar-refractivity contribution in [1.82, 2.24) is 25.3 Å². The average Bonchev–Trinajstić information content (AvgIpc) is 3.25. The molecule has 2 aromatic heterocycles. The second-order valence-electron chi connectivity index (χ2n) is 5.96. The molecule has 3 rings (SSSR count). The van der Waals surface area contributed by atoms with Gasteiger partial charge in [-0.1, -0.05) is 11.8 Å². The van der Waals surface area contributed by atoms with Gasteiger partial charge in [-0.05, 0) is 38.1 Å². The summed E-state index contributed by atoms with van der Waals surface area (Å²) in [5, 5.41) is 15.4. The van der Waals surface area contributed by atoms with Gasteiger partial charge in [-0.2, -0.15) is 5.10 Å². The largest absolute Gasteiger partial charge is 0.497 e. The summed E-state index contributed by atoms with van der Waals surface area (Å²) in [7, 11) is 1.63. The van der Waals surface area contributed by atoms with Gasteiger partial charge in [-0.15, -0.1) is 10.2 Å². The number of carbonyl (C=O) groups is 1. The monoisotopic (exact) mass is 387 g/mol. The molecule has 1 amide bonds. The van der Waals surface area contributed by atoms with Crippen molar-refractivity contribution in [2.75, 3.05) is 12.9 Å². The third kappa shape index (κ3) is 4.48. The molecule has 1 atom stereocenters. The lowest BCUT2D eigenvalue weighted by molar-refractivity contribution is -0.119. The molecule has 0 fully saturated rings.